The quantitative estimate of drug-likeness (QED) is 0.599. The molecule has 0 radical (unpaired) electrons. The fraction of sp³-hybridized carbons (Fsp3) is 0.684. The van der Waals surface area contributed by atoms with Gasteiger partial charge in [-0.05, 0) is 45.6 Å². The van der Waals surface area contributed by atoms with E-state index in [0.29, 0.717) is 18.5 Å². The van der Waals surface area contributed by atoms with Crippen molar-refractivity contribution in [2.45, 2.75) is 75.8 Å². The van der Waals surface area contributed by atoms with Crippen LogP contribution in [0.2, 0.25) is 0 Å². The van der Waals surface area contributed by atoms with Crippen molar-refractivity contribution >= 4 is 21.6 Å². The first-order valence-electron chi connectivity index (χ1n) is 9.77. The molecular formula is C19H29FN4O4S. The largest absolute Gasteiger partial charge is 0.387 e. The normalized spacial score (nSPS) is 26.3. The van der Waals surface area contributed by atoms with E-state index in [1.54, 1.807) is 10.4 Å². The van der Waals surface area contributed by atoms with Crippen molar-refractivity contribution in [1.29, 1.82) is 0 Å². The Labute approximate surface area is 170 Å². The van der Waals surface area contributed by atoms with E-state index < -0.39 is 27.7 Å². The molecule has 8 nitrogen and oxygen atoms in total. The molecule has 0 aromatic carbocycles. The lowest BCUT2D eigenvalue weighted by atomic mass is 9.95. The molecule has 1 amide bonds. The number of halogens is 1. The number of pyridine rings is 1. The molecule has 162 valence electrons. The summed E-state index contributed by atoms with van der Waals surface area (Å²) in [6.45, 7) is 2.71. The van der Waals surface area contributed by atoms with Crippen molar-refractivity contribution in [2.75, 3.05) is 11.6 Å². The molecule has 2 aliphatic rings. The van der Waals surface area contributed by atoms with Crippen molar-refractivity contribution in [1.82, 2.24) is 9.29 Å². The minimum absolute atomic E-state index is 0.0330. The summed E-state index contributed by atoms with van der Waals surface area (Å²) in [5.74, 6) is -0.727. The van der Waals surface area contributed by atoms with Gasteiger partial charge in [-0.3, -0.25) is 9.78 Å². The molecule has 3 rings (SSSR count). The van der Waals surface area contributed by atoms with Gasteiger partial charge in [-0.25, -0.2) is 12.8 Å². The lowest BCUT2D eigenvalue weighted by Crippen LogP contribution is -2.49. The van der Waals surface area contributed by atoms with Crippen LogP contribution in [-0.4, -0.2) is 64.9 Å². The fourth-order valence-corrected chi connectivity index (χ4v) is 5.95. The average Bonchev–Trinajstić information content (AvgIpc) is 2.86. The Balaban J connectivity index is 1.82. The number of primary amides is 1. The van der Waals surface area contributed by atoms with Crippen molar-refractivity contribution in [3.63, 3.8) is 0 Å². The van der Waals surface area contributed by atoms with Gasteiger partial charge in [0.25, 0.3) is 5.91 Å². The number of nitrogens with two attached hydrogens (primary N) is 1. The van der Waals surface area contributed by atoms with Crippen LogP contribution < -0.4 is 11.1 Å². The summed E-state index contributed by atoms with van der Waals surface area (Å²) in [5.41, 5.74) is 4.75. The maximum Gasteiger partial charge on any atom is 0.252 e. The molecule has 2 aliphatic heterocycles. The molecule has 2 bridgehead atoms. The van der Waals surface area contributed by atoms with Crippen molar-refractivity contribution in [3.8, 4) is 0 Å². The Morgan fingerprint density at radius 1 is 1.41 bits per heavy atom. The zero-order valence-electron chi connectivity index (χ0n) is 16.9. The average molecular weight is 429 g/mol. The van der Waals surface area contributed by atoms with Crippen LogP contribution in [0.4, 0.5) is 10.1 Å². The summed E-state index contributed by atoms with van der Waals surface area (Å²) in [6, 6.07) is 1.45. The number of hydrogen-bond acceptors (Lipinski definition) is 6. The molecular weight excluding hydrogens is 399 g/mol. The van der Waals surface area contributed by atoms with Gasteiger partial charge in [-0.1, -0.05) is 0 Å². The maximum atomic E-state index is 14.4. The number of nitrogens with zero attached hydrogens (tertiary/aromatic N) is 2. The van der Waals surface area contributed by atoms with Crippen molar-refractivity contribution < 1.29 is 22.7 Å². The topological polar surface area (TPSA) is 126 Å². The number of sulfonamides is 1. The number of aliphatic hydroxyl groups is 1. The van der Waals surface area contributed by atoms with Crippen LogP contribution in [-0.2, 0) is 16.4 Å². The fourth-order valence-electron chi connectivity index (χ4n) is 4.49. The third-order valence-electron chi connectivity index (χ3n) is 5.82. The molecule has 2 unspecified atom stereocenters. The Hall–Kier alpha value is -1.78. The Bertz CT molecular complexity index is 873. The minimum atomic E-state index is -3.26. The summed E-state index contributed by atoms with van der Waals surface area (Å²) < 4.78 is 40.1. The number of anilines is 1. The SMILES string of the molecule is CC(C)(O)[C@H](F)Cc1nccc(NC2CC3CCC(C2)N3S(C)(=O)=O)c1C(N)=O. The van der Waals surface area contributed by atoms with E-state index in [4.69, 9.17) is 5.73 Å². The molecule has 1 aromatic heterocycles. The molecule has 10 heteroatoms. The summed E-state index contributed by atoms with van der Waals surface area (Å²) in [4.78, 5) is 16.2. The Morgan fingerprint density at radius 3 is 2.48 bits per heavy atom. The number of fused-ring (bicyclic) bond motifs is 2. The van der Waals surface area contributed by atoms with Gasteiger partial charge >= 0.3 is 0 Å². The van der Waals surface area contributed by atoms with Crippen LogP contribution >= 0.6 is 0 Å². The highest BCUT2D eigenvalue weighted by atomic mass is 32.2. The number of carbonyl (C=O) groups is 1. The van der Waals surface area contributed by atoms with Gasteiger partial charge in [-0.2, -0.15) is 4.31 Å². The third kappa shape index (κ3) is 4.70. The van der Waals surface area contributed by atoms with Gasteiger partial charge in [0.1, 0.15) is 6.17 Å². The Kier molecular flexibility index (Phi) is 5.90. The first-order valence-corrected chi connectivity index (χ1v) is 11.6. The summed E-state index contributed by atoms with van der Waals surface area (Å²) in [7, 11) is -3.26. The van der Waals surface area contributed by atoms with Gasteiger partial charge in [0.05, 0.1) is 28.8 Å². The van der Waals surface area contributed by atoms with Crippen LogP contribution in [0.3, 0.4) is 0 Å². The molecule has 2 saturated heterocycles. The summed E-state index contributed by atoms with van der Waals surface area (Å²) >= 11 is 0. The molecule has 0 spiro atoms. The van der Waals surface area contributed by atoms with Gasteiger partial charge in [0, 0.05) is 30.7 Å². The molecule has 2 fully saturated rings. The van der Waals surface area contributed by atoms with Crippen LogP contribution in [0.1, 0.15) is 55.6 Å². The first kappa shape index (κ1) is 21.9. The Morgan fingerprint density at radius 2 is 2.00 bits per heavy atom. The zero-order chi connectivity index (χ0) is 21.6. The second-order valence-corrected chi connectivity index (χ2v) is 10.5. The highest BCUT2D eigenvalue weighted by molar-refractivity contribution is 7.88. The highest BCUT2D eigenvalue weighted by Gasteiger charge is 2.45. The molecule has 4 N–H and O–H groups in total. The second kappa shape index (κ2) is 7.81. The molecule has 0 aliphatic carbocycles. The third-order valence-corrected chi connectivity index (χ3v) is 7.19. The van der Waals surface area contributed by atoms with Crippen LogP contribution in [0, 0.1) is 0 Å². The molecule has 1 aromatic rings. The first-order chi connectivity index (χ1) is 13.4. The summed E-state index contributed by atoms with van der Waals surface area (Å²) in [6.07, 6.45) is 3.73. The number of nitrogens with one attached hydrogen (secondary N) is 1. The number of alkyl halides is 1. The van der Waals surface area contributed by atoms with Crippen LogP contribution in [0.15, 0.2) is 12.3 Å². The second-order valence-electron chi connectivity index (χ2n) is 8.66. The number of piperidine rings is 1. The number of rotatable bonds is 7. The lowest BCUT2D eigenvalue weighted by molar-refractivity contribution is -0.00307. The minimum Gasteiger partial charge on any atom is -0.387 e. The van der Waals surface area contributed by atoms with Gasteiger partial charge < -0.3 is 16.2 Å². The number of hydrogen-bond donors (Lipinski definition) is 3. The molecule has 0 saturated carbocycles. The maximum absolute atomic E-state index is 14.4. The standard InChI is InChI=1S/C19H29FN4O4S/c1-19(2,26)16(20)10-15-17(18(21)25)14(6-7-22-15)23-11-8-12-4-5-13(9-11)24(12)29(3,27)28/h6-7,11-13,16,26H,4-5,8-10H2,1-3H3,(H2,21,25)(H,22,23)/t11?,12?,13?,16-/m1/s1. The zero-order valence-corrected chi connectivity index (χ0v) is 17.7. The smallest absolute Gasteiger partial charge is 0.252 e. The predicted molar refractivity (Wildman–Crippen MR) is 108 cm³/mol. The molecule has 3 atom stereocenters. The van der Waals surface area contributed by atoms with E-state index in [9.17, 15) is 22.7 Å². The van der Waals surface area contributed by atoms with E-state index in [2.05, 4.69) is 10.3 Å². The van der Waals surface area contributed by atoms with E-state index in [-0.39, 0.29) is 35.8 Å². The number of amides is 1. The molecule has 29 heavy (non-hydrogen) atoms. The van der Waals surface area contributed by atoms with Gasteiger partial charge in [0.15, 0.2) is 0 Å². The van der Waals surface area contributed by atoms with E-state index in [1.807, 2.05) is 0 Å². The number of aromatic nitrogens is 1. The van der Waals surface area contributed by atoms with Crippen molar-refractivity contribution in [3.05, 3.63) is 23.5 Å². The lowest BCUT2D eigenvalue weighted by Gasteiger charge is -2.38. The molecule has 3 heterocycles. The van der Waals surface area contributed by atoms with Crippen molar-refractivity contribution in [2.24, 2.45) is 5.73 Å². The highest BCUT2D eigenvalue weighted by Crippen LogP contribution is 2.38. The monoisotopic (exact) mass is 428 g/mol. The van der Waals surface area contributed by atoms with Gasteiger partial charge in [0.2, 0.25) is 10.0 Å². The van der Waals surface area contributed by atoms with E-state index in [0.717, 1.165) is 12.8 Å². The van der Waals surface area contributed by atoms with Gasteiger partial charge in [-0.15, -0.1) is 0 Å². The van der Waals surface area contributed by atoms with E-state index >= 15 is 0 Å². The van der Waals surface area contributed by atoms with E-state index in [1.165, 1.54) is 26.3 Å². The van der Waals surface area contributed by atoms with Crippen LogP contribution in [0.5, 0.6) is 0 Å². The predicted octanol–water partition coefficient (Wildman–Crippen LogP) is 1.20. The van der Waals surface area contributed by atoms with Crippen LogP contribution in [0.25, 0.3) is 0 Å². The number of carbonyl (C=O) groups excluding carboxylic acids is 1. The summed E-state index contributed by atoms with van der Waals surface area (Å²) in [5, 5.41) is 13.2.